The molecule has 1 heterocycles. The number of halogens is 1. The highest BCUT2D eigenvalue weighted by atomic mass is 19.1. The van der Waals surface area contributed by atoms with Crippen molar-refractivity contribution in [2.75, 3.05) is 6.54 Å². The standard InChI is InChI=1S/C19H18FN3O/c20-17-7-5-15(6-8-17)18(10-21)19(24)9-13-1-3-14(4-2-13)16-11-22-23-12-16/h1-8,11-12,18H,9-10,21H2,(H,22,23). The van der Waals surface area contributed by atoms with Crippen LogP contribution in [0, 0.1) is 5.82 Å². The molecule has 122 valence electrons. The van der Waals surface area contributed by atoms with E-state index in [9.17, 15) is 9.18 Å². The Morgan fingerprint density at radius 2 is 1.79 bits per heavy atom. The topological polar surface area (TPSA) is 71.8 Å². The normalized spacial score (nSPS) is 12.1. The zero-order valence-corrected chi connectivity index (χ0v) is 13.1. The molecular formula is C19H18FN3O. The Hall–Kier alpha value is -2.79. The first-order chi connectivity index (χ1) is 11.7. The van der Waals surface area contributed by atoms with E-state index in [-0.39, 0.29) is 18.1 Å². The van der Waals surface area contributed by atoms with Gasteiger partial charge in [0.2, 0.25) is 0 Å². The molecule has 0 aliphatic rings. The molecule has 24 heavy (non-hydrogen) atoms. The number of Topliss-reactive ketones (excluding diaryl/α,β-unsaturated/α-hetero) is 1. The van der Waals surface area contributed by atoms with E-state index in [0.717, 1.165) is 22.3 Å². The van der Waals surface area contributed by atoms with Gasteiger partial charge in [-0.05, 0) is 28.8 Å². The van der Waals surface area contributed by atoms with Crippen LogP contribution in [-0.2, 0) is 11.2 Å². The number of nitrogens with zero attached hydrogens (tertiary/aromatic N) is 1. The van der Waals surface area contributed by atoms with Gasteiger partial charge in [-0.3, -0.25) is 9.89 Å². The summed E-state index contributed by atoms with van der Waals surface area (Å²) in [5.41, 5.74) is 9.47. The lowest BCUT2D eigenvalue weighted by Crippen LogP contribution is -2.23. The lowest BCUT2D eigenvalue weighted by molar-refractivity contribution is -0.119. The molecule has 0 amide bonds. The largest absolute Gasteiger partial charge is 0.329 e. The number of hydrogen-bond donors (Lipinski definition) is 2. The van der Waals surface area contributed by atoms with Gasteiger partial charge >= 0.3 is 0 Å². The van der Waals surface area contributed by atoms with Crippen LogP contribution >= 0.6 is 0 Å². The van der Waals surface area contributed by atoms with Crippen molar-refractivity contribution in [3.05, 3.63) is 77.9 Å². The third-order valence-corrected chi connectivity index (χ3v) is 4.06. The van der Waals surface area contributed by atoms with Gasteiger partial charge in [-0.1, -0.05) is 36.4 Å². The van der Waals surface area contributed by atoms with E-state index in [1.54, 1.807) is 18.3 Å². The lowest BCUT2D eigenvalue weighted by Gasteiger charge is -2.14. The van der Waals surface area contributed by atoms with Crippen LogP contribution < -0.4 is 5.73 Å². The molecule has 0 spiro atoms. The first-order valence-corrected chi connectivity index (χ1v) is 7.73. The molecule has 0 saturated carbocycles. The first-order valence-electron chi connectivity index (χ1n) is 7.73. The van der Waals surface area contributed by atoms with Gasteiger partial charge in [0, 0.05) is 24.7 Å². The molecule has 5 heteroatoms. The summed E-state index contributed by atoms with van der Waals surface area (Å²) in [6.07, 6.45) is 3.86. The lowest BCUT2D eigenvalue weighted by atomic mass is 9.91. The molecule has 0 aliphatic heterocycles. The van der Waals surface area contributed by atoms with Gasteiger partial charge in [0.05, 0.1) is 12.1 Å². The molecule has 4 nitrogen and oxygen atoms in total. The van der Waals surface area contributed by atoms with E-state index in [4.69, 9.17) is 5.73 Å². The highest BCUT2D eigenvalue weighted by molar-refractivity contribution is 5.88. The summed E-state index contributed by atoms with van der Waals surface area (Å²) in [6, 6.07) is 13.7. The smallest absolute Gasteiger partial charge is 0.145 e. The average Bonchev–Trinajstić information content (AvgIpc) is 3.12. The van der Waals surface area contributed by atoms with Crippen molar-refractivity contribution in [1.29, 1.82) is 0 Å². The molecule has 1 atom stereocenters. The first kappa shape index (κ1) is 16.1. The molecule has 3 rings (SSSR count). The van der Waals surface area contributed by atoms with E-state index < -0.39 is 5.92 Å². The van der Waals surface area contributed by atoms with Crippen molar-refractivity contribution in [1.82, 2.24) is 10.2 Å². The van der Waals surface area contributed by atoms with Crippen molar-refractivity contribution in [3.8, 4) is 11.1 Å². The molecule has 3 N–H and O–H groups in total. The van der Waals surface area contributed by atoms with Gasteiger partial charge in [0.1, 0.15) is 11.6 Å². The molecule has 0 fully saturated rings. The minimum atomic E-state index is -0.417. The van der Waals surface area contributed by atoms with E-state index in [1.165, 1.54) is 12.1 Å². The summed E-state index contributed by atoms with van der Waals surface area (Å²) < 4.78 is 13.0. The number of carbonyl (C=O) groups excluding carboxylic acids is 1. The molecule has 0 saturated heterocycles. The Morgan fingerprint density at radius 3 is 2.38 bits per heavy atom. The van der Waals surface area contributed by atoms with Crippen molar-refractivity contribution in [3.63, 3.8) is 0 Å². The number of rotatable bonds is 6. The third-order valence-electron chi connectivity index (χ3n) is 4.06. The van der Waals surface area contributed by atoms with Crippen LogP contribution in [0.15, 0.2) is 60.9 Å². The van der Waals surface area contributed by atoms with Crippen LogP contribution in [0.3, 0.4) is 0 Å². The van der Waals surface area contributed by atoms with Gasteiger partial charge < -0.3 is 5.73 Å². The van der Waals surface area contributed by atoms with E-state index in [2.05, 4.69) is 10.2 Å². The summed E-state index contributed by atoms with van der Waals surface area (Å²) in [4.78, 5) is 12.6. The minimum Gasteiger partial charge on any atom is -0.329 e. The fraction of sp³-hybridized carbons (Fsp3) is 0.158. The van der Waals surface area contributed by atoms with Crippen LogP contribution in [0.1, 0.15) is 17.0 Å². The Kier molecular flexibility index (Phi) is 4.82. The van der Waals surface area contributed by atoms with Crippen LogP contribution in [0.4, 0.5) is 4.39 Å². The van der Waals surface area contributed by atoms with E-state index in [0.29, 0.717) is 6.42 Å². The Morgan fingerprint density at radius 1 is 1.08 bits per heavy atom. The zero-order chi connectivity index (χ0) is 16.9. The fourth-order valence-corrected chi connectivity index (χ4v) is 2.70. The summed E-state index contributed by atoms with van der Waals surface area (Å²) in [5.74, 6) is -0.712. The van der Waals surface area contributed by atoms with Gasteiger partial charge in [-0.15, -0.1) is 0 Å². The molecule has 0 radical (unpaired) electrons. The summed E-state index contributed by atoms with van der Waals surface area (Å²) in [5, 5.41) is 6.70. The van der Waals surface area contributed by atoms with Gasteiger partial charge in [-0.25, -0.2) is 4.39 Å². The molecular weight excluding hydrogens is 305 g/mol. The van der Waals surface area contributed by atoms with Crippen LogP contribution in [0.5, 0.6) is 0 Å². The molecule has 1 aromatic heterocycles. The number of aromatic nitrogens is 2. The molecule has 0 aliphatic carbocycles. The van der Waals surface area contributed by atoms with Crippen molar-refractivity contribution in [2.45, 2.75) is 12.3 Å². The minimum absolute atomic E-state index is 0.0279. The van der Waals surface area contributed by atoms with Gasteiger partial charge in [-0.2, -0.15) is 5.10 Å². The molecule has 0 bridgehead atoms. The maximum absolute atomic E-state index is 13.0. The second-order valence-electron chi connectivity index (χ2n) is 5.67. The number of nitrogens with one attached hydrogen (secondary N) is 1. The zero-order valence-electron chi connectivity index (χ0n) is 13.1. The van der Waals surface area contributed by atoms with Crippen LogP contribution in [-0.4, -0.2) is 22.5 Å². The van der Waals surface area contributed by atoms with E-state index in [1.807, 2.05) is 30.5 Å². The quantitative estimate of drug-likeness (QED) is 0.732. The number of aromatic amines is 1. The summed E-state index contributed by atoms with van der Waals surface area (Å²) in [6.45, 7) is 0.206. The predicted molar refractivity (Wildman–Crippen MR) is 90.9 cm³/mol. The Balaban J connectivity index is 1.72. The Labute approximate surface area is 139 Å². The maximum atomic E-state index is 13.0. The van der Waals surface area contributed by atoms with Crippen LogP contribution in [0.2, 0.25) is 0 Å². The number of carbonyl (C=O) groups is 1. The maximum Gasteiger partial charge on any atom is 0.145 e. The number of ketones is 1. The van der Waals surface area contributed by atoms with Gasteiger partial charge in [0.25, 0.3) is 0 Å². The molecule has 3 aromatic rings. The number of hydrogen-bond acceptors (Lipinski definition) is 3. The highest BCUT2D eigenvalue weighted by Gasteiger charge is 2.19. The van der Waals surface area contributed by atoms with Crippen molar-refractivity contribution < 1.29 is 9.18 Å². The summed E-state index contributed by atoms with van der Waals surface area (Å²) in [7, 11) is 0. The van der Waals surface area contributed by atoms with Gasteiger partial charge in [0.15, 0.2) is 0 Å². The monoisotopic (exact) mass is 323 g/mol. The molecule has 1 unspecified atom stereocenters. The number of H-pyrrole nitrogens is 1. The third kappa shape index (κ3) is 3.58. The average molecular weight is 323 g/mol. The highest BCUT2D eigenvalue weighted by Crippen LogP contribution is 2.21. The van der Waals surface area contributed by atoms with E-state index >= 15 is 0 Å². The number of nitrogens with two attached hydrogens (primary N) is 1. The molecule has 2 aromatic carbocycles. The predicted octanol–water partition coefficient (Wildman–Crippen LogP) is 3.07. The van der Waals surface area contributed by atoms with Crippen molar-refractivity contribution in [2.24, 2.45) is 5.73 Å². The SMILES string of the molecule is NCC(C(=O)Cc1ccc(-c2cn[nH]c2)cc1)c1ccc(F)cc1. The Bertz CT molecular complexity index is 796. The number of benzene rings is 2. The van der Waals surface area contributed by atoms with Crippen LogP contribution in [0.25, 0.3) is 11.1 Å². The fourth-order valence-electron chi connectivity index (χ4n) is 2.70. The van der Waals surface area contributed by atoms with Crippen molar-refractivity contribution >= 4 is 5.78 Å². The second-order valence-corrected chi connectivity index (χ2v) is 5.67. The summed E-state index contributed by atoms with van der Waals surface area (Å²) >= 11 is 0. The second kappa shape index (κ2) is 7.19.